The molecule has 2 unspecified atom stereocenters. The van der Waals surface area contributed by atoms with E-state index in [-0.39, 0.29) is 0 Å². The van der Waals surface area contributed by atoms with Gasteiger partial charge in [-0.1, -0.05) is 43.1 Å². The molecular formula is C15H24BrNO. The SMILES string of the molecule is CCCC(C)C(NCC)c1cc(Br)ccc1OC. The average Bonchev–Trinajstić information content (AvgIpc) is 2.36. The molecule has 0 aromatic heterocycles. The van der Waals surface area contributed by atoms with E-state index in [2.05, 4.69) is 48.1 Å². The highest BCUT2D eigenvalue weighted by Crippen LogP contribution is 2.34. The van der Waals surface area contributed by atoms with Crippen molar-refractivity contribution < 1.29 is 4.74 Å². The van der Waals surface area contributed by atoms with Crippen LogP contribution in [0.2, 0.25) is 0 Å². The summed E-state index contributed by atoms with van der Waals surface area (Å²) >= 11 is 3.55. The molecule has 0 bridgehead atoms. The van der Waals surface area contributed by atoms with Crippen LogP contribution in [0.25, 0.3) is 0 Å². The van der Waals surface area contributed by atoms with E-state index in [4.69, 9.17) is 4.74 Å². The fourth-order valence-electron chi connectivity index (χ4n) is 2.41. The van der Waals surface area contributed by atoms with Gasteiger partial charge in [-0.2, -0.15) is 0 Å². The monoisotopic (exact) mass is 313 g/mol. The first-order valence-electron chi connectivity index (χ1n) is 6.70. The fourth-order valence-corrected chi connectivity index (χ4v) is 2.79. The minimum Gasteiger partial charge on any atom is -0.496 e. The summed E-state index contributed by atoms with van der Waals surface area (Å²) in [6, 6.07) is 6.57. The molecule has 0 radical (unpaired) electrons. The molecule has 1 N–H and O–H groups in total. The molecule has 0 aliphatic heterocycles. The summed E-state index contributed by atoms with van der Waals surface area (Å²) in [7, 11) is 1.74. The molecule has 1 aromatic carbocycles. The Morgan fingerprint density at radius 3 is 2.61 bits per heavy atom. The first-order valence-corrected chi connectivity index (χ1v) is 7.50. The Bertz CT molecular complexity index is 368. The maximum atomic E-state index is 5.50. The van der Waals surface area contributed by atoms with Crippen molar-refractivity contribution in [1.82, 2.24) is 5.32 Å². The Balaban J connectivity index is 3.06. The largest absolute Gasteiger partial charge is 0.496 e. The van der Waals surface area contributed by atoms with Gasteiger partial charge in [-0.25, -0.2) is 0 Å². The molecule has 0 saturated carbocycles. The summed E-state index contributed by atoms with van der Waals surface area (Å²) in [6.07, 6.45) is 2.42. The Hall–Kier alpha value is -0.540. The van der Waals surface area contributed by atoms with Crippen molar-refractivity contribution >= 4 is 15.9 Å². The molecule has 0 fully saturated rings. The van der Waals surface area contributed by atoms with Crippen molar-refractivity contribution in [3.05, 3.63) is 28.2 Å². The number of benzene rings is 1. The quantitative estimate of drug-likeness (QED) is 0.797. The average molecular weight is 314 g/mol. The van der Waals surface area contributed by atoms with E-state index in [9.17, 15) is 0 Å². The lowest BCUT2D eigenvalue weighted by atomic mass is 9.90. The molecule has 18 heavy (non-hydrogen) atoms. The van der Waals surface area contributed by atoms with E-state index in [0.717, 1.165) is 16.8 Å². The van der Waals surface area contributed by atoms with Crippen LogP contribution in [-0.4, -0.2) is 13.7 Å². The predicted molar refractivity (Wildman–Crippen MR) is 81.2 cm³/mol. The lowest BCUT2D eigenvalue weighted by Gasteiger charge is -2.26. The highest BCUT2D eigenvalue weighted by atomic mass is 79.9. The zero-order chi connectivity index (χ0) is 13.5. The van der Waals surface area contributed by atoms with Crippen molar-refractivity contribution in [2.45, 2.75) is 39.7 Å². The second kappa shape index (κ2) is 7.80. The fraction of sp³-hybridized carbons (Fsp3) is 0.600. The van der Waals surface area contributed by atoms with Crippen molar-refractivity contribution in [2.75, 3.05) is 13.7 Å². The second-order valence-electron chi connectivity index (χ2n) is 4.69. The van der Waals surface area contributed by atoms with E-state index >= 15 is 0 Å². The lowest BCUT2D eigenvalue weighted by Crippen LogP contribution is -2.27. The van der Waals surface area contributed by atoms with Crippen LogP contribution in [0.5, 0.6) is 5.75 Å². The molecule has 1 rings (SSSR count). The molecule has 0 aliphatic carbocycles. The van der Waals surface area contributed by atoms with Gasteiger partial charge >= 0.3 is 0 Å². The Kier molecular flexibility index (Phi) is 6.72. The van der Waals surface area contributed by atoms with E-state index in [0.29, 0.717) is 12.0 Å². The van der Waals surface area contributed by atoms with Gasteiger partial charge in [-0.05, 0) is 37.1 Å². The molecule has 1 aromatic rings. The summed E-state index contributed by atoms with van der Waals surface area (Å²) < 4.78 is 6.60. The normalized spacial score (nSPS) is 14.3. The maximum Gasteiger partial charge on any atom is 0.123 e. The zero-order valence-electron chi connectivity index (χ0n) is 11.8. The predicted octanol–water partition coefficient (Wildman–Crippen LogP) is 4.54. The standard InChI is InChI=1S/C15H24BrNO/c1-5-7-11(3)15(17-6-2)13-10-12(16)8-9-14(13)18-4/h8-11,15,17H,5-7H2,1-4H3. The van der Waals surface area contributed by atoms with Gasteiger partial charge in [-0.3, -0.25) is 0 Å². The first kappa shape index (κ1) is 15.5. The van der Waals surface area contributed by atoms with Gasteiger partial charge in [0.15, 0.2) is 0 Å². The van der Waals surface area contributed by atoms with Crippen LogP contribution in [-0.2, 0) is 0 Å². The maximum absolute atomic E-state index is 5.50. The van der Waals surface area contributed by atoms with E-state index < -0.39 is 0 Å². The van der Waals surface area contributed by atoms with E-state index in [1.807, 2.05) is 12.1 Å². The Morgan fingerprint density at radius 2 is 2.06 bits per heavy atom. The van der Waals surface area contributed by atoms with Crippen molar-refractivity contribution in [3.63, 3.8) is 0 Å². The summed E-state index contributed by atoms with van der Waals surface area (Å²) in [4.78, 5) is 0. The third kappa shape index (κ3) is 3.99. The number of ether oxygens (including phenoxy) is 1. The lowest BCUT2D eigenvalue weighted by molar-refractivity contribution is 0.346. The summed E-state index contributed by atoms with van der Waals surface area (Å²) in [5, 5.41) is 3.58. The van der Waals surface area contributed by atoms with Crippen molar-refractivity contribution in [3.8, 4) is 5.75 Å². The third-order valence-corrected chi connectivity index (χ3v) is 3.76. The van der Waals surface area contributed by atoms with E-state index in [1.165, 1.54) is 18.4 Å². The van der Waals surface area contributed by atoms with Gasteiger partial charge in [0.1, 0.15) is 5.75 Å². The van der Waals surface area contributed by atoms with Crippen LogP contribution < -0.4 is 10.1 Å². The van der Waals surface area contributed by atoms with Crippen LogP contribution in [0, 0.1) is 5.92 Å². The van der Waals surface area contributed by atoms with Crippen molar-refractivity contribution in [2.24, 2.45) is 5.92 Å². The summed E-state index contributed by atoms with van der Waals surface area (Å²) in [5.41, 5.74) is 1.25. The Morgan fingerprint density at radius 1 is 1.33 bits per heavy atom. The van der Waals surface area contributed by atoms with Crippen LogP contribution in [0.4, 0.5) is 0 Å². The second-order valence-corrected chi connectivity index (χ2v) is 5.60. The number of halogens is 1. The minimum absolute atomic E-state index is 0.349. The molecule has 3 heteroatoms. The molecular weight excluding hydrogens is 290 g/mol. The number of nitrogens with one attached hydrogen (secondary N) is 1. The van der Waals surface area contributed by atoms with Crippen LogP contribution in [0.3, 0.4) is 0 Å². The molecule has 0 amide bonds. The number of hydrogen-bond acceptors (Lipinski definition) is 2. The highest BCUT2D eigenvalue weighted by Gasteiger charge is 2.21. The van der Waals surface area contributed by atoms with Gasteiger partial charge < -0.3 is 10.1 Å². The minimum atomic E-state index is 0.349. The number of hydrogen-bond donors (Lipinski definition) is 1. The number of rotatable bonds is 7. The topological polar surface area (TPSA) is 21.3 Å². The van der Waals surface area contributed by atoms with Gasteiger partial charge in [0.2, 0.25) is 0 Å². The zero-order valence-corrected chi connectivity index (χ0v) is 13.4. The smallest absolute Gasteiger partial charge is 0.123 e. The van der Waals surface area contributed by atoms with Gasteiger partial charge in [0.05, 0.1) is 7.11 Å². The van der Waals surface area contributed by atoms with Crippen LogP contribution in [0.15, 0.2) is 22.7 Å². The van der Waals surface area contributed by atoms with Crippen molar-refractivity contribution in [1.29, 1.82) is 0 Å². The van der Waals surface area contributed by atoms with Gasteiger partial charge in [0.25, 0.3) is 0 Å². The van der Waals surface area contributed by atoms with Crippen LogP contribution in [0.1, 0.15) is 45.2 Å². The highest BCUT2D eigenvalue weighted by molar-refractivity contribution is 9.10. The number of methoxy groups -OCH3 is 1. The van der Waals surface area contributed by atoms with Gasteiger partial charge in [-0.15, -0.1) is 0 Å². The van der Waals surface area contributed by atoms with Crippen LogP contribution >= 0.6 is 15.9 Å². The molecule has 0 saturated heterocycles. The van der Waals surface area contributed by atoms with E-state index in [1.54, 1.807) is 7.11 Å². The molecule has 102 valence electrons. The Labute approximate surface area is 119 Å². The molecule has 2 atom stereocenters. The third-order valence-electron chi connectivity index (χ3n) is 3.26. The molecule has 0 heterocycles. The molecule has 2 nitrogen and oxygen atoms in total. The summed E-state index contributed by atoms with van der Waals surface area (Å²) in [5.74, 6) is 1.56. The first-order chi connectivity index (χ1) is 8.63. The molecule has 0 aliphatic rings. The summed E-state index contributed by atoms with van der Waals surface area (Å²) in [6.45, 7) is 7.65. The van der Waals surface area contributed by atoms with Gasteiger partial charge in [0, 0.05) is 16.1 Å². The molecule has 0 spiro atoms.